The molecule has 3 rings (SSSR count). The third-order valence-electron chi connectivity index (χ3n) is 4.73. The zero-order chi connectivity index (χ0) is 20.6. The van der Waals surface area contributed by atoms with E-state index in [9.17, 15) is 9.59 Å². The molecule has 1 amide bonds. The van der Waals surface area contributed by atoms with E-state index in [1.165, 1.54) is 0 Å². The van der Waals surface area contributed by atoms with Crippen molar-refractivity contribution in [3.63, 3.8) is 0 Å². The molecule has 7 heteroatoms. The fourth-order valence-electron chi connectivity index (χ4n) is 3.36. The Balaban J connectivity index is 1.64. The van der Waals surface area contributed by atoms with E-state index < -0.39 is 5.97 Å². The summed E-state index contributed by atoms with van der Waals surface area (Å²) < 4.78 is 11.6. The molecule has 1 N–H and O–H groups in total. The number of para-hydroxylation sites is 1. The van der Waals surface area contributed by atoms with E-state index in [1.807, 2.05) is 54.6 Å². The summed E-state index contributed by atoms with van der Waals surface area (Å²) in [6.45, 7) is 2.06. The standard InChI is InChI=1S/C22H26N2O5/c1-23(15-21(25)26)13-19-14-24(11-12-28-19)22(27)20-10-6-5-7-17(20)16-29-18-8-3-2-4-9-18/h2-10,19H,11-16H2,1H3,(H,25,26). The molecule has 29 heavy (non-hydrogen) atoms. The average molecular weight is 398 g/mol. The lowest BCUT2D eigenvalue weighted by Crippen LogP contribution is -2.49. The smallest absolute Gasteiger partial charge is 0.317 e. The predicted molar refractivity (Wildman–Crippen MR) is 108 cm³/mol. The largest absolute Gasteiger partial charge is 0.489 e. The molecule has 1 saturated heterocycles. The summed E-state index contributed by atoms with van der Waals surface area (Å²) in [7, 11) is 1.73. The van der Waals surface area contributed by atoms with E-state index in [4.69, 9.17) is 14.6 Å². The van der Waals surface area contributed by atoms with Gasteiger partial charge in [0.1, 0.15) is 12.4 Å². The first-order chi connectivity index (χ1) is 14.0. The second kappa shape index (κ2) is 10.0. The van der Waals surface area contributed by atoms with Crippen LogP contribution in [0.1, 0.15) is 15.9 Å². The van der Waals surface area contributed by atoms with Gasteiger partial charge in [-0.1, -0.05) is 36.4 Å². The van der Waals surface area contributed by atoms with Gasteiger partial charge in [0, 0.05) is 30.8 Å². The van der Waals surface area contributed by atoms with Gasteiger partial charge in [-0.2, -0.15) is 0 Å². The van der Waals surface area contributed by atoms with E-state index in [1.54, 1.807) is 16.8 Å². The number of carboxylic acids is 1. The molecule has 1 heterocycles. The van der Waals surface area contributed by atoms with Gasteiger partial charge in [0.2, 0.25) is 0 Å². The molecule has 2 aromatic carbocycles. The molecule has 1 atom stereocenters. The van der Waals surface area contributed by atoms with E-state index in [2.05, 4.69) is 0 Å². The normalized spacial score (nSPS) is 16.6. The Morgan fingerprint density at radius 1 is 1.17 bits per heavy atom. The maximum atomic E-state index is 13.1. The number of likely N-dealkylation sites (N-methyl/N-ethyl adjacent to an activating group) is 1. The lowest BCUT2D eigenvalue weighted by Gasteiger charge is -2.35. The van der Waals surface area contributed by atoms with Crippen molar-refractivity contribution in [1.29, 1.82) is 0 Å². The molecule has 154 valence electrons. The Hall–Kier alpha value is -2.90. The second-order valence-electron chi connectivity index (χ2n) is 7.09. The Morgan fingerprint density at radius 3 is 2.66 bits per heavy atom. The molecule has 1 unspecified atom stereocenters. The van der Waals surface area contributed by atoms with Gasteiger partial charge in [-0.25, -0.2) is 0 Å². The summed E-state index contributed by atoms with van der Waals surface area (Å²) in [6, 6.07) is 16.9. The monoisotopic (exact) mass is 398 g/mol. The van der Waals surface area contributed by atoms with Crippen molar-refractivity contribution in [2.75, 3.05) is 39.8 Å². The molecule has 0 aliphatic carbocycles. The first kappa shape index (κ1) is 20.8. The van der Waals surface area contributed by atoms with Crippen LogP contribution in [0.5, 0.6) is 5.75 Å². The minimum atomic E-state index is -0.886. The van der Waals surface area contributed by atoms with Crippen LogP contribution in [0.15, 0.2) is 54.6 Å². The zero-order valence-electron chi connectivity index (χ0n) is 16.5. The number of ether oxygens (including phenoxy) is 2. The maximum Gasteiger partial charge on any atom is 0.317 e. The minimum absolute atomic E-state index is 0.0620. The molecule has 0 radical (unpaired) electrons. The molecule has 1 fully saturated rings. The van der Waals surface area contributed by atoms with Crippen molar-refractivity contribution in [1.82, 2.24) is 9.80 Å². The third-order valence-corrected chi connectivity index (χ3v) is 4.73. The number of aliphatic carboxylic acids is 1. The van der Waals surface area contributed by atoms with Crippen molar-refractivity contribution in [3.8, 4) is 5.75 Å². The molecule has 0 aromatic heterocycles. The zero-order valence-corrected chi connectivity index (χ0v) is 16.5. The van der Waals surface area contributed by atoms with Gasteiger partial charge in [-0.05, 0) is 25.2 Å². The van der Waals surface area contributed by atoms with Gasteiger partial charge < -0.3 is 19.5 Å². The van der Waals surface area contributed by atoms with Crippen LogP contribution in [-0.4, -0.2) is 72.7 Å². The lowest BCUT2D eigenvalue weighted by molar-refractivity contribution is -0.138. The highest BCUT2D eigenvalue weighted by Gasteiger charge is 2.27. The topological polar surface area (TPSA) is 79.3 Å². The third kappa shape index (κ3) is 6.04. The predicted octanol–water partition coefficient (Wildman–Crippen LogP) is 2.12. The van der Waals surface area contributed by atoms with E-state index in [0.29, 0.717) is 38.4 Å². The van der Waals surface area contributed by atoms with Crippen LogP contribution in [-0.2, 0) is 16.1 Å². The van der Waals surface area contributed by atoms with E-state index in [-0.39, 0.29) is 18.6 Å². The number of hydrogen-bond acceptors (Lipinski definition) is 5. The maximum absolute atomic E-state index is 13.1. The summed E-state index contributed by atoms with van der Waals surface area (Å²) >= 11 is 0. The highest BCUT2D eigenvalue weighted by molar-refractivity contribution is 5.95. The molecule has 0 bridgehead atoms. The molecular formula is C22H26N2O5. The molecule has 0 spiro atoms. The number of hydrogen-bond donors (Lipinski definition) is 1. The molecule has 7 nitrogen and oxygen atoms in total. The highest BCUT2D eigenvalue weighted by atomic mass is 16.5. The van der Waals surface area contributed by atoms with Crippen LogP contribution in [0.2, 0.25) is 0 Å². The summed E-state index contributed by atoms with van der Waals surface area (Å²) in [5.74, 6) is -0.197. The van der Waals surface area contributed by atoms with Gasteiger partial charge in [0.05, 0.1) is 19.3 Å². The number of nitrogens with zero attached hydrogens (tertiary/aromatic N) is 2. The lowest BCUT2D eigenvalue weighted by atomic mass is 10.1. The number of amides is 1. The number of carboxylic acid groups (broad SMARTS) is 1. The Morgan fingerprint density at radius 2 is 1.90 bits per heavy atom. The van der Waals surface area contributed by atoms with Crippen LogP contribution in [0.25, 0.3) is 0 Å². The Bertz CT molecular complexity index is 827. The average Bonchev–Trinajstić information content (AvgIpc) is 2.72. The summed E-state index contributed by atoms with van der Waals surface area (Å²) in [5.41, 5.74) is 1.44. The van der Waals surface area contributed by atoms with Crippen molar-refractivity contribution in [2.45, 2.75) is 12.7 Å². The summed E-state index contributed by atoms with van der Waals surface area (Å²) in [4.78, 5) is 27.5. The number of rotatable bonds is 8. The SMILES string of the molecule is CN(CC(=O)O)CC1CN(C(=O)c2ccccc2COc2ccccc2)CCO1. The quantitative estimate of drug-likeness (QED) is 0.734. The van der Waals surface area contributed by atoms with Gasteiger partial charge in [-0.15, -0.1) is 0 Å². The molecule has 0 saturated carbocycles. The summed E-state index contributed by atoms with van der Waals surface area (Å²) in [6.07, 6.45) is -0.218. The molecule has 1 aliphatic rings. The number of carbonyl (C=O) groups excluding carboxylic acids is 1. The Labute approximate surface area is 170 Å². The van der Waals surface area contributed by atoms with E-state index >= 15 is 0 Å². The van der Waals surface area contributed by atoms with Gasteiger partial charge >= 0.3 is 5.97 Å². The minimum Gasteiger partial charge on any atom is -0.489 e. The van der Waals surface area contributed by atoms with Crippen LogP contribution < -0.4 is 4.74 Å². The number of carbonyl (C=O) groups is 2. The molecular weight excluding hydrogens is 372 g/mol. The molecule has 2 aromatic rings. The number of benzene rings is 2. The summed E-state index contributed by atoms with van der Waals surface area (Å²) in [5, 5.41) is 8.91. The van der Waals surface area contributed by atoms with Crippen LogP contribution in [0, 0.1) is 0 Å². The molecule has 1 aliphatic heterocycles. The van der Waals surface area contributed by atoms with Crippen molar-refractivity contribution in [2.24, 2.45) is 0 Å². The first-order valence-electron chi connectivity index (χ1n) is 9.60. The second-order valence-corrected chi connectivity index (χ2v) is 7.09. The van der Waals surface area contributed by atoms with Gasteiger partial charge in [-0.3, -0.25) is 14.5 Å². The van der Waals surface area contributed by atoms with Gasteiger partial charge in [0.15, 0.2) is 0 Å². The van der Waals surface area contributed by atoms with Crippen LogP contribution >= 0.6 is 0 Å². The van der Waals surface area contributed by atoms with Crippen molar-refractivity contribution >= 4 is 11.9 Å². The first-order valence-corrected chi connectivity index (χ1v) is 9.60. The fourth-order valence-corrected chi connectivity index (χ4v) is 3.36. The Kier molecular flexibility index (Phi) is 7.21. The van der Waals surface area contributed by atoms with Crippen molar-refractivity contribution < 1.29 is 24.2 Å². The van der Waals surface area contributed by atoms with Crippen LogP contribution in [0.4, 0.5) is 0 Å². The van der Waals surface area contributed by atoms with Crippen molar-refractivity contribution in [3.05, 3.63) is 65.7 Å². The van der Waals surface area contributed by atoms with Gasteiger partial charge in [0.25, 0.3) is 5.91 Å². The van der Waals surface area contributed by atoms with E-state index in [0.717, 1.165) is 11.3 Å². The fraction of sp³-hybridized carbons (Fsp3) is 0.364. The highest BCUT2D eigenvalue weighted by Crippen LogP contribution is 2.18. The van der Waals surface area contributed by atoms with Crippen LogP contribution in [0.3, 0.4) is 0 Å². The number of morpholine rings is 1.